The summed E-state index contributed by atoms with van der Waals surface area (Å²) in [6, 6.07) is 4.18. The van der Waals surface area contributed by atoms with E-state index >= 15 is 0 Å². The maximum atomic E-state index is 12.9. The van der Waals surface area contributed by atoms with Gasteiger partial charge < -0.3 is 14.4 Å². The van der Waals surface area contributed by atoms with Gasteiger partial charge in [0.15, 0.2) is 0 Å². The lowest BCUT2D eigenvalue weighted by Crippen LogP contribution is -2.36. The van der Waals surface area contributed by atoms with E-state index in [2.05, 4.69) is 5.10 Å². The van der Waals surface area contributed by atoms with Crippen LogP contribution in [-0.4, -0.2) is 61.1 Å². The van der Waals surface area contributed by atoms with Crippen LogP contribution < -0.4 is 0 Å². The Kier molecular flexibility index (Phi) is 6.79. The number of ether oxygens (including phenoxy) is 2. The highest BCUT2D eigenvalue weighted by molar-refractivity contribution is 7.17. The average molecular weight is 391 g/mol. The van der Waals surface area contributed by atoms with Gasteiger partial charge in [0.05, 0.1) is 23.0 Å². The zero-order valence-corrected chi connectivity index (χ0v) is 15.5. The van der Waals surface area contributed by atoms with E-state index in [1.54, 1.807) is 31.3 Å². The predicted molar refractivity (Wildman–Crippen MR) is 91.2 cm³/mol. The summed E-state index contributed by atoms with van der Waals surface area (Å²) >= 11 is 1.11. The minimum absolute atomic E-state index is 0.184. The number of carbonyl (C=O) groups is 1. The molecule has 0 N–H and O–H groups in total. The lowest BCUT2D eigenvalue weighted by atomic mass is 10.3. The summed E-state index contributed by atoms with van der Waals surface area (Å²) in [7, 11) is 4.33. The maximum Gasteiger partial charge on any atom is 0.433 e. The molecule has 0 aliphatic heterocycles. The van der Waals surface area contributed by atoms with Gasteiger partial charge in [-0.2, -0.15) is 18.3 Å². The van der Waals surface area contributed by atoms with Crippen molar-refractivity contribution in [2.75, 3.05) is 40.5 Å². The molecule has 0 aromatic carbocycles. The molecule has 2 aromatic heterocycles. The lowest BCUT2D eigenvalue weighted by molar-refractivity contribution is -0.143. The second kappa shape index (κ2) is 8.65. The number of hydrogen-bond acceptors (Lipinski definition) is 5. The number of halogens is 3. The third-order valence-corrected chi connectivity index (χ3v) is 4.75. The van der Waals surface area contributed by atoms with Crippen LogP contribution in [-0.2, 0) is 22.7 Å². The van der Waals surface area contributed by atoms with Crippen LogP contribution in [0, 0.1) is 0 Å². The number of methoxy groups -OCH3 is 2. The first-order valence-corrected chi connectivity index (χ1v) is 8.58. The van der Waals surface area contributed by atoms with Crippen LogP contribution in [0.25, 0.3) is 10.6 Å². The number of carbonyl (C=O) groups excluding carboxylic acids is 1. The highest BCUT2D eigenvalue weighted by Crippen LogP contribution is 2.34. The van der Waals surface area contributed by atoms with Crippen molar-refractivity contribution in [3.63, 3.8) is 0 Å². The zero-order valence-electron chi connectivity index (χ0n) is 14.7. The van der Waals surface area contributed by atoms with Gasteiger partial charge in [0.2, 0.25) is 0 Å². The highest BCUT2D eigenvalue weighted by atomic mass is 32.1. The van der Waals surface area contributed by atoms with Gasteiger partial charge in [-0.25, -0.2) is 0 Å². The maximum absolute atomic E-state index is 12.9. The number of alkyl halides is 3. The van der Waals surface area contributed by atoms with E-state index < -0.39 is 11.9 Å². The van der Waals surface area contributed by atoms with Crippen molar-refractivity contribution >= 4 is 17.2 Å². The molecule has 0 saturated heterocycles. The molecule has 0 aliphatic rings. The average Bonchev–Trinajstić information content (AvgIpc) is 3.20. The van der Waals surface area contributed by atoms with Crippen LogP contribution in [0.5, 0.6) is 0 Å². The summed E-state index contributed by atoms with van der Waals surface area (Å²) in [6.45, 7) is 1.55. The highest BCUT2D eigenvalue weighted by Gasteiger charge is 2.35. The molecule has 10 heteroatoms. The quantitative estimate of drug-likeness (QED) is 0.694. The molecule has 144 valence electrons. The molecule has 26 heavy (non-hydrogen) atoms. The van der Waals surface area contributed by atoms with Crippen LogP contribution in [0.2, 0.25) is 0 Å². The van der Waals surface area contributed by atoms with Gasteiger partial charge in [0.1, 0.15) is 11.4 Å². The third kappa shape index (κ3) is 4.83. The Balaban J connectivity index is 2.21. The molecule has 6 nitrogen and oxygen atoms in total. The molecule has 0 saturated carbocycles. The van der Waals surface area contributed by atoms with Crippen LogP contribution in [0.3, 0.4) is 0 Å². The Morgan fingerprint density at radius 1 is 1.23 bits per heavy atom. The Morgan fingerprint density at radius 2 is 1.85 bits per heavy atom. The van der Waals surface area contributed by atoms with Crippen molar-refractivity contribution in [1.29, 1.82) is 0 Å². The van der Waals surface area contributed by atoms with E-state index in [0.29, 0.717) is 36.1 Å². The molecular weight excluding hydrogens is 371 g/mol. The molecule has 0 unspecified atom stereocenters. The van der Waals surface area contributed by atoms with Crippen molar-refractivity contribution in [3.05, 3.63) is 28.8 Å². The van der Waals surface area contributed by atoms with Crippen LogP contribution in [0.1, 0.15) is 15.4 Å². The first-order valence-electron chi connectivity index (χ1n) is 7.76. The monoisotopic (exact) mass is 391 g/mol. The predicted octanol–water partition coefficient (Wildman–Crippen LogP) is 2.90. The van der Waals surface area contributed by atoms with Gasteiger partial charge >= 0.3 is 6.18 Å². The van der Waals surface area contributed by atoms with Crippen molar-refractivity contribution in [1.82, 2.24) is 14.7 Å². The topological polar surface area (TPSA) is 56.6 Å². The molecular formula is C16H20F3N3O3S. The number of aromatic nitrogens is 2. The van der Waals surface area contributed by atoms with E-state index in [1.807, 2.05) is 0 Å². The summed E-state index contributed by atoms with van der Waals surface area (Å²) in [6.07, 6.45) is -4.48. The molecule has 0 fully saturated rings. The van der Waals surface area contributed by atoms with Crippen LogP contribution in [0.4, 0.5) is 13.2 Å². The zero-order chi connectivity index (χ0) is 19.3. The van der Waals surface area contributed by atoms with E-state index in [0.717, 1.165) is 22.1 Å². The van der Waals surface area contributed by atoms with Crippen LogP contribution >= 0.6 is 11.3 Å². The molecule has 2 aromatic rings. The SMILES string of the molecule is COCCN(CCOC)C(=O)c1ccc(-c2cc(C(F)(F)F)n(C)n2)s1. The second-order valence-corrected chi connectivity index (χ2v) is 6.56. The van der Waals surface area contributed by atoms with Crippen molar-refractivity contribution < 1.29 is 27.4 Å². The van der Waals surface area contributed by atoms with Crippen molar-refractivity contribution in [3.8, 4) is 10.6 Å². The summed E-state index contributed by atoms with van der Waals surface area (Å²) < 4.78 is 49.5. The first-order chi connectivity index (χ1) is 12.3. The van der Waals surface area contributed by atoms with Crippen LogP contribution in [0.15, 0.2) is 18.2 Å². The Bertz CT molecular complexity index is 735. The number of thiophene rings is 1. The molecule has 0 spiro atoms. The minimum atomic E-state index is -4.48. The largest absolute Gasteiger partial charge is 0.433 e. The van der Waals surface area contributed by atoms with Crippen molar-refractivity contribution in [2.24, 2.45) is 7.05 Å². The standard InChI is InChI=1S/C16H20F3N3O3S/c1-21-14(16(17,18)19)10-11(20-21)12-4-5-13(26-12)15(23)22(6-8-24-2)7-9-25-3/h4-5,10H,6-9H2,1-3H3. The fraction of sp³-hybridized carbons (Fsp3) is 0.500. The van der Waals surface area contributed by atoms with Gasteiger partial charge in [-0.3, -0.25) is 9.48 Å². The van der Waals surface area contributed by atoms with Gasteiger partial charge in [-0.1, -0.05) is 0 Å². The van der Waals surface area contributed by atoms with Gasteiger partial charge in [0, 0.05) is 34.4 Å². The van der Waals surface area contributed by atoms with E-state index in [-0.39, 0.29) is 11.6 Å². The molecule has 2 heterocycles. The van der Waals surface area contributed by atoms with Crippen molar-refractivity contribution in [2.45, 2.75) is 6.18 Å². The third-order valence-electron chi connectivity index (χ3n) is 3.66. The van der Waals surface area contributed by atoms with Gasteiger partial charge in [-0.05, 0) is 18.2 Å². The number of amides is 1. The fourth-order valence-corrected chi connectivity index (χ4v) is 3.25. The van der Waals surface area contributed by atoms with Gasteiger partial charge in [-0.15, -0.1) is 11.3 Å². The smallest absolute Gasteiger partial charge is 0.383 e. The van der Waals surface area contributed by atoms with E-state index in [1.165, 1.54) is 7.05 Å². The van der Waals surface area contributed by atoms with E-state index in [4.69, 9.17) is 9.47 Å². The molecule has 0 radical (unpaired) electrons. The molecule has 1 amide bonds. The molecule has 0 aliphatic carbocycles. The number of hydrogen-bond donors (Lipinski definition) is 0. The van der Waals surface area contributed by atoms with Gasteiger partial charge in [0.25, 0.3) is 5.91 Å². The first kappa shape index (κ1) is 20.4. The summed E-state index contributed by atoms with van der Waals surface area (Å²) in [5, 5.41) is 3.91. The molecule has 0 bridgehead atoms. The lowest BCUT2D eigenvalue weighted by Gasteiger charge is -2.21. The summed E-state index contributed by atoms with van der Waals surface area (Å²) in [5.41, 5.74) is -0.653. The number of aryl methyl sites for hydroxylation is 1. The minimum Gasteiger partial charge on any atom is -0.383 e. The summed E-state index contributed by atoms with van der Waals surface area (Å²) in [4.78, 5) is 15.2. The second-order valence-electron chi connectivity index (χ2n) is 5.48. The van der Waals surface area contributed by atoms with E-state index in [9.17, 15) is 18.0 Å². The normalized spacial score (nSPS) is 11.8. The molecule has 0 atom stereocenters. The Hall–Kier alpha value is -1.91. The number of rotatable bonds is 8. The molecule has 2 rings (SSSR count). The number of nitrogens with zero attached hydrogens (tertiary/aromatic N) is 3. The summed E-state index contributed by atoms with van der Waals surface area (Å²) in [5.74, 6) is -0.220. The Morgan fingerprint density at radius 3 is 2.35 bits per heavy atom. The fourth-order valence-electron chi connectivity index (χ4n) is 2.32. The Labute approximate surface area is 153 Å².